The van der Waals surface area contributed by atoms with Crippen molar-refractivity contribution in [2.75, 3.05) is 0 Å². The van der Waals surface area contributed by atoms with Crippen molar-refractivity contribution < 1.29 is 31.1 Å². The summed E-state index contributed by atoms with van der Waals surface area (Å²) in [4.78, 5) is 9.31. The summed E-state index contributed by atoms with van der Waals surface area (Å²) in [5.74, 6) is 0. The molecule has 66 valence electrons. The summed E-state index contributed by atoms with van der Waals surface area (Å²) in [5, 5.41) is -5.26. The molecule has 0 bridgehead atoms. The molecule has 0 fully saturated rings. The lowest BCUT2D eigenvalue weighted by Crippen LogP contribution is -2.36. The van der Waals surface area contributed by atoms with Crippen LogP contribution in [0.3, 0.4) is 0 Å². The van der Waals surface area contributed by atoms with Crippen LogP contribution in [0.15, 0.2) is 0 Å². The molecule has 0 spiro atoms. The Kier molecular flexibility index (Phi) is 2.65. The third kappa shape index (κ3) is 1.70. The van der Waals surface area contributed by atoms with Crippen LogP contribution in [0.1, 0.15) is 0 Å². The maximum absolute atomic E-state index is 11.8. The zero-order chi connectivity index (χ0) is 9.28. The molecule has 1 N–H and O–H groups in total. The minimum absolute atomic E-state index is 0.0338. The number of hydrogen-bond acceptors (Lipinski definition) is 2. The average molecular weight is 194 g/mol. The van der Waals surface area contributed by atoms with E-state index in [1.54, 1.807) is 0 Å². The highest BCUT2D eigenvalue weighted by molar-refractivity contribution is 7.96. The van der Waals surface area contributed by atoms with Gasteiger partial charge in [-0.15, -0.1) is 0 Å². The summed E-state index contributed by atoms with van der Waals surface area (Å²) in [7, 11) is -5.54. The van der Waals surface area contributed by atoms with E-state index in [0.717, 1.165) is 0 Å². The van der Waals surface area contributed by atoms with Gasteiger partial charge in [0.1, 0.15) is 0 Å². The summed E-state index contributed by atoms with van der Waals surface area (Å²) in [6.45, 7) is 0. The first-order valence-corrected chi connectivity index (χ1v) is 3.58. The van der Waals surface area contributed by atoms with Gasteiger partial charge in [0.25, 0.3) is 0 Å². The molecule has 0 heterocycles. The number of rotatable bonds is 2. The van der Waals surface area contributed by atoms with Gasteiger partial charge in [-0.2, -0.15) is 8.78 Å². The zero-order valence-corrected chi connectivity index (χ0v) is 5.58. The Morgan fingerprint density at radius 2 is 1.82 bits per heavy atom. The highest BCUT2D eigenvalue weighted by Gasteiger charge is 2.51. The van der Waals surface area contributed by atoms with Gasteiger partial charge in [-0.3, -0.25) is 0 Å². The van der Waals surface area contributed by atoms with E-state index in [1.165, 1.54) is 0 Å². The van der Waals surface area contributed by atoms with Crippen LogP contribution < -0.4 is 0 Å². The lowest BCUT2D eigenvalue weighted by Gasteiger charge is -2.12. The lowest BCUT2D eigenvalue weighted by molar-refractivity contribution is -0.0651. The van der Waals surface area contributed by atoms with Crippen molar-refractivity contribution in [1.82, 2.24) is 0 Å². The van der Waals surface area contributed by atoms with Crippen molar-refractivity contribution in [1.29, 1.82) is 0 Å². The van der Waals surface area contributed by atoms with Gasteiger partial charge >= 0.3 is 11.7 Å². The normalized spacial score (nSPS) is 17.6. The molecule has 0 amide bonds. The number of halogens is 4. The van der Waals surface area contributed by atoms with Crippen molar-refractivity contribution in [3.8, 4) is 0 Å². The first-order chi connectivity index (χ1) is 4.75. The monoisotopic (exact) mass is 194 g/mol. The van der Waals surface area contributed by atoms with Gasteiger partial charge in [0.15, 0.2) is 0 Å². The maximum Gasteiger partial charge on any atom is 0.404 e. The Morgan fingerprint density at radius 1 is 1.45 bits per heavy atom. The van der Waals surface area contributed by atoms with E-state index in [-0.39, 0.29) is 5.23 Å². The van der Waals surface area contributed by atoms with Gasteiger partial charge in [-0.05, 0) is 0 Å². The van der Waals surface area contributed by atoms with E-state index in [9.17, 15) is 26.6 Å². The molecule has 8 heteroatoms. The van der Waals surface area contributed by atoms with Crippen LogP contribution in [0.5, 0.6) is 0 Å². The topological polar surface area (TPSA) is 54.4 Å². The van der Waals surface area contributed by atoms with Crippen molar-refractivity contribution in [3.05, 3.63) is 0 Å². The highest BCUT2D eigenvalue weighted by Crippen LogP contribution is 2.28. The van der Waals surface area contributed by atoms with Crippen LogP contribution in [0.25, 0.3) is 0 Å². The van der Waals surface area contributed by atoms with Crippen molar-refractivity contribution >= 4 is 15.0 Å². The van der Waals surface area contributed by atoms with Gasteiger partial charge in [0.2, 0.25) is 15.0 Å². The summed E-state index contributed by atoms with van der Waals surface area (Å²) >= 11 is 0. The van der Waals surface area contributed by atoms with E-state index in [2.05, 4.69) is 0 Å². The first-order valence-electron chi connectivity index (χ1n) is 2.06. The average Bonchev–Trinajstić information content (AvgIpc) is 1.87. The molecular weight excluding hydrogens is 192 g/mol. The predicted molar refractivity (Wildman–Crippen MR) is 27.4 cm³/mol. The minimum atomic E-state index is -5.54. The highest BCUT2D eigenvalue weighted by atomic mass is 32.2. The lowest BCUT2D eigenvalue weighted by atomic mass is 10.7. The van der Waals surface area contributed by atoms with Gasteiger partial charge in [0, 0.05) is 0 Å². The van der Waals surface area contributed by atoms with Crippen LogP contribution in [-0.4, -0.2) is 25.7 Å². The van der Waals surface area contributed by atoms with Gasteiger partial charge < -0.3 is 4.55 Å². The molecule has 0 rings (SSSR count). The largest absolute Gasteiger partial charge is 0.404 e. The van der Waals surface area contributed by atoms with E-state index >= 15 is 0 Å². The third-order valence-corrected chi connectivity index (χ3v) is 1.88. The molecule has 1 unspecified atom stereocenters. The summed E-state index contributed by atoms with van der Waals surface area (Å²) in [6.07, 6.45) is -4.36. The van der Waals surface area contributed by atoms with Crippen LogP contribution >= 0.6 is 0 Å². The van der Waals surface area contributed by atoms with E-state index in [1.807, 2.05) is 0 Å². The summed E-state index contributed by atoms with van der Waals surface area (Å²) in [5.41, 5.74) is 0. The van der Waals surface area contributed by atoms with E-state index in [0.29, 0.717) is 0 Å². The third-order valence-electron chi connectivity index (χ3n) is 0.736. The van der Waals surface area contributed by atoms with Crippen LogP contribution in [0.4, 0.5) is 17.6 Å². The van der Waals surface area contributed by atoms with E-state index in [4.69, 9.17) is 4.55 Å². The summed E-state index contributed by atoms with van der Waals surface area (Å²) < 4.78 is 63.8. The predicted octanol–water partition coefficient (Wildman–Crippen LogP) is 0.669. The van der Waals surface area contributed by atoms with E-state index < -0.39 is 21.5 Å². The number of alkyl halides is 4. The quantitative estimate of drug-likeness (QED) is 0.519. The Morgan fingerprint density at radius 3 is 1.91 bits per heavy atom. The molecule has 0 aromatic rings. The molecule has 11 heavy (non-hydrogen) atoms. The SMILES string of the molecule is O=C=S(=O)(O)C(F)(F)C(F)F. The van der Waals surface area contributed by atoms with Crippen LogP contribution in [-0.2, 0) is 14.6 Å². The van der Waals surface area contributed by atoms with Gasteiger partial charge in [-0.1, -0.05) is 0 Å². The van der Waals surface area contributed by atoms with Crippen molar-refractivity contribution in [2.45, 2.75) is 11.7 Å². The van der Waals surface area contributed by atoms with Gasteiger partial charge in [0.05, 0.1) is 0 Å². The molecule has 0 saturated heterocycles. The fourth-order valence-corrected chi connectivity index (χ4v) is 0.529. The standard InChI is InChI=1S/C3H2F4O3S/c4-2(5)3(6,7)11(9,10)1-8/h2H,(H,9,10). The molecule has 0 aromatic heterocycles. The first kappa shape index (κ1) is 10.4. The Hall–Kier alpha value is -0.590. The van der Waals surface area contributed by atoms with Crippen molar-refractivity contribution in [3.63, 3.8) is 0 Å². The molecule has 0 saturated carbocycles. The van der Waals surface area contributed by atoms with Crippen LogP contribution in [0.2, 0.25) is 0 Å². The fourth-order valence-electron chi connectivity index (χ4n) is 0.176. The minimum Gasteiger partial charge on any atom is -0.301 e. The molecule has 0 radical (unpaired) electrons. The second-order valence-corrected chi connectivity index (χ2v) is 3.23. The zero-order valence-electron chi connectivity index (χ0n) is 4.76. The smallest absolute Gasteiger partial charge is 0.301 e. The molecule has 1 atom stereocenters. The van der Waals surface area contributed by atoms with Gasteiger partial charge in [-0.25, -0.2) is 17.8 Å². The molecule has 0 aromatic carbocycles. The van der Waals surface area contributed by atoms with Crippen LogP contribution in [0, 0.1) is 0 Å². The fraction of sp³-hybridized carbons (Fsp3) is 0.667. The summed E-state index contributed by atoms with van der Waals surface area (Å²) in [6, 6.07) is 0. The Balaban J connectivity index is 5.19. The number of hydrogen-bond donors (Lipinski definition) is 1. The second-order valence-electron chi connectivity index (χ2n) is 1.47. The molecule has 3 nitrogen and oxygen atoms in total. The maximum atomic E-state index is 11.8. The molecule has 0 aliphatic heterocycles. The molecule has 0 aliphatic carbocycles. The Bertz CT molecular complexity index is 272. The second kappa shape index (κ2) is 2.80. The molecular formula is C3H2F4O3S. The van der Waals surface area contributed by atoms with Crippen molar-refractivity contribution in [2.24, 2.45) is 0 Å². The Labute approximate surface area is 58.8 Å². The number of carbonyl (C=O) groups excluding carboxylic acids is 1. The molecule has 0 aliphatic rings.